The Morgan fingerprint density at radius 2 is 1.93 bits per heavy atom. The van der Waals surface area contributed by atoms with Gasteiger partial charge in [-0.3, -0.25) is 14.8 Å². The summed E-state index contributed by atoms with van der Waals surface area (Å²) >= 11 is 0. The SMILES string of the molecule is C#CC(=O)Nc1ccccc1-c1n[nH]c2c1CN(C(C)c1ccccc1)C2. The molecule has 1 unspecified atom stereocenters. The summed E-state index contributed by atoms with van der Waals surface area (Å²) in [6.07, 6.45) is 5.20. The van der Waals surface area contributed by atoms with Gasteiger partial charge in [0.25, 0.3) is 5.91 Å². The summed E-state index contributed by atoms with van der Waals surface area (Å²) in [5, 5.41) is 10.4. The fourth-order valence-corrected chi connectivity index (χ4v) is 3.56. The van der Waals surface area contributed by atoms with Gasteiger partial charge in [-0.05, 0) is 24.5 Å². The molecule has 2 N–H and O–H groups in total. The molecule has 0 aliphatic carbocycles. The van der Waals surface area contributed by atoms with Crippen LogP contribution < -0.4 is 5.32 Å². The van der Waals surface area contributed by atoms with Crippen molar-refractivity contribution in [3.8, 4) is 23.6 Å². The number of nitrogens with zero attached hydrogens (tertiary/aromatic N) is 2. The minimum Gasteiger partial charge on any atom is -0.315 e. The van der Waals surface area contributed by atoms with Crippen LogP contribution in [0.1, 0.15) is 29.8 Å². The minimum absolute atomic E-state index is 0.302. The molecule has 0 fully saturated rings. The monoisotopic (exact) mass is 356 g/mol. The Bertz CT molecular complexity index is 1020. The lowest BCUT2D eigenvalue weighted by Crippen LogP contribution is -2.21. The van der Waals surface area contributed by atoms with Crippen LogP contribution in [0.2, 0.25) is 0 Å². The van der Waals surface area contributed by atoms with E-state index < -0.39 is 5.91 Å². The summed E-state index contributed by atoms with van der Waals surface area (Å²) in [6, 6.07) is 18.4. The van der Waals surface area contributed by atoms with E-state index in [0.717, 1.165) is 30.0 Å². The first-order valence-electron chi connectivity index (χ1n) is 8.89. The number of para-hydroxylation sites is 1. The van der Waals surface area contributed by atoms with Gasteiger partial charge in [-0.25, -0.2) is 0 Å². The molecule has 1 aliphatic heterocycles. The van der Waals surface area contributed by atoms with E-state index in [2.05, 4.69) is 57.5 Å². The van der Waals surface area contributed by atoms with Gasteiger partial charge in [0.15, 0.2) is 0 Å². The van der Waals surface area contributed by atoms with E-state index in [0.29, 0.717) is 11.7 Å². The number of H-pyrrole nitrogens is 1. The van der Waals surface area contributed by atoms with E-state index >= 15 is 0 Å². The number of terminal acetylenes is 1. The molecule has 1 aliphatic rings. The predicted octanol–water partition coefficient (Wildman–Crippen LogP) is 3.73. The predicted molar refractivity (Wildman–Crippen MR) is 106 cm³/mol. The Morgan fingerprint density at radius 1 is 1.19 bits per heavy atom. The second kappa shape index (κ2) is 7.10. The van der Waals surface area contributed by atoms with Crippen molar-refractivity contribution in [1.29, 1.82) is 0 Å². The molecule has 5 heteroatoms. The average molecular weight is 356 g/mol. The van der Waals surface area contributed by atoms with E-state index in [1.165, 1.54) is 11.1 Å². The molecule has 3 aromatic rings. The van der Waals surface area contributed by atoms with E-state index in [4.69, 9.17) is 6.42 Å². The molecule has 2 aromatic carbocycles. The largest absolute Gasteiger partial charge is 0.315 e. The van der Waals surface area contributed by atoms with Gasteiger partial charge >= 0.3 is 0 Å². The maximum atomic E-state index is 11.7. The summed E-state index contributed by atoms with van der Waals surface area (Å²) < 4.78 is 0. The van der Waals surface area contributed by atoms with Crippen molar-refractivity contribution in [2.75, 3.05) is 5.32 Å². The second-order valence-corrected chi connectivity index (χ2v) is 6.67. The Balaban J connectivity index is 1.63. The van der Waals surface area contributed by atoms with Crippen molar-refractivity contribution >= 4 is 11.6 Å². The van der Waals surface area contributed by atoms with Crippen molar-refractivity contribution in [3.05, 3.63) is 71.4 Å². The number of hydrogen-bond donors (Lipinski definition) is 2. The number of carbonyl (C=O) groups is 1. The number of anilines is 1. The van der Waals surface area contributed by atoms with Crippen molar-refractivity contribution in [3.63, 3.8) is 0 Å². The summed E-state index contributed by atoms with van der Waals surface area (Å²) in [6.45, 7) is 3.83. The van der Waals surface area contributed by atoms with Crippen LogP contribution >= 0.6 is 0 Å². The van der Waals surface area contributed by atoms with Gasteiger partial charge in [0.2, 0.25) is 0 Å². The van der Waals surface area contributed by atoms with Crippen molar-refractivity contribution < 1.29 is 4.79 Å². The molecule has 1 atom stereocenters. The van der Waals surface area contributed by atoms with Crippen LogP contribution in [0.4, 0.5) is 5.69 Å². The van der Waals surface area contributed by atoms with Crippen LogP contribution in [-0.4, -0.2) is 21.0 Å². The number of rotatable bonds is 4. The zero-order valence-electron chi connectivity index (χ0n) is 15.1. The Hall–Kier alpha value is -3.36. The molecule has 0 spiro atoms. The second-order valence-electron chi connectivity index (χ2n) is 6.67. The third-order valence-corrected chi connectivity index (χ3v) is 5.07. The smallest absolute Gasteiger partial charge is 0.300 e. The van der Waals surface area contributed by atoms with Gasteiger partial charge in [-0.1, -0.05) is 48.5 Å². The van der Waals surface area contributed by atoms with Gasteiger partial charge in [0.05, 0.1) is 17.1 Å². The number of nitrogens with one attached hydrogen (secondary N) is 2. The molecule has 5 nitrogen and oxygen atoms in total. The molecule has 0 saturated carbocycles. The van der Waals surface area contributed by atoms with Gasteiger partial charge in [-0.15, -0.1) is 6.42 Å². The summed E-state index contributed by atoms with van der Waals surface area (Å²) in [4.78, 5) is 14.1. The molecule has 0 radical (unpaired) electrons. The normalized spacial score (nSPS) is 14.4. The topological polar surface area (TPSA) is 61.0 Å². The molecule has 0 bridgehead atoms. The molecule has 27 heavy (non-hydrogen) atoms. The first-order valence-corrected chi connectivity index (χ1v) is 8.89. The number of aromatic nitrogens is 2. The summed E-state index contributed by atoms with van der Waals surface area (Å²) in [7, 11) is 0. The number of hydrogen-bond acceptors (Lipinski definition) is 3. The standard InChI is InChI=1S/C22H20N4O/c1-3-21(27)23-19-12-8-7-11-17(19)22-18-13-26(14-20(18)24-25-22)15(2)16-9-5-4-6-10-16/h1,4-12,15H,13-14H2,2H3,(H,23,27)(H,24,25). The van der Waals surface area contributed by atoms with Crippen LogP contribution in [0.25, 0.3) is 11.3 Å². The highest BCUT2D eigenvalue weighted by atomic mass is 16.1. The Morgan fingerprint density at radius 3 is 2.70 bits per heavy atom. The quantitative estimate of drug-likeness (QED) is 0.700. The summed E-state index contributed by atoms with van der Waals surface area (Å²) in [5.41, 5.74) is 5.97. The maximum Gasteiger partial charge on any atom is 0.300 e. The fraction of sp³-hybridized carbons (Fsp3) is 0.182. The lowest BCUT2D eigenvalue weighted by molar-refractivity contribution is -0.111. The molecule has 0 saturated heterocycles. The fourth-order valence-electron chi connectivity index (χ4n) is 3.56. The highest BCUT2D eigenvalue weighted by Gasteiger charge is 2.29. The van der Waals surface area contributed by atoms with Crippen LogP contribution in [-0.2, 0) is 17.9 Å². The molecule has 4 rings (SSSR count). The number of benzene rings is 2. The summed E-state index contributed by atoms with van der Waals surface area (Å²) in [5.74, 6) is 1.63. The van der Waals surface area contributed by atoms with E-state index in [1.807, 2.05) is 30.3 Å². The van der Waals surface area contributed by atoms with Crippen molar-refractivity contribution in [2.24, 2.45) is 0 Å². The molecule has 134 valence electrons. The van der Waals surface area contributed by atoms with Crippen molar-refractivity contribution in [1.82, 2.24) is 15.1 Å². The first kappa shape index (κ1) is 17.1. The van der Waals surface area contributed by atoms with Gasteiger partial charge < -0.3 is 5.32 Å². The molecule has 1 amide bonds. The third kappa shape index (κ3) is 3.23. The van der Waals surface area contributed by atoms with Crippen LogP contribution in [0.15, 0.2) is 54.6 Å². The highest BCUT2D eigenvalue weighted by Crippen LogP contribution is 2.37. The Labute approximate surface area is 158 Å². The van der Waals surface area contributed by atoms with E-state index in [-0.39, 0.29) is 0 Å². The maximum absolute atomic E-state index is 11.7. The third-order valence-electron chi connectivity index (χ3n) is 5.07. The van der Waals surface area contributed by atoms with Crippen molar-refractivity contribution in [2.45, 2.75) is 26.1 Å². The highest BCUT2D eigenvalue weighted by molar-refractivity contribution is 6.05. The lowest BCUT2D eigenvalue weighted by Gasteiger charge is -2.24. The van der Waals surface area contributed by atoms with E-state index in [9.17, 15) is 4.79 Å². The Kier molecular flexibility index (Phi) is 4.49. The van der Waals surface area contributed by atoms with Crippen LogP contribution in [0.3, 0.4) is 0 Å². The molecule has 1 aromatic heterocycles. The number of carbonyl (C=O) groups excluding carboxylic acids is 1. The average Bonchev–Trinajstić information content (AvgIpc) is 3.29. The minimum atomic E-state index is -0.464. The molecule has 2 heterocycles. The number of amides is 1. The van der Waals surface area contributed by atoms with E-state index in [1.54, 1.807) is 0 Å². The van der Waals surface area contributed by atoms with Gasteiger partial charge in [-0.2, -0.15) is 5.10 Å². The number of fused-ring (bicyclic) bond motifs is 1. The first-order chi connectivity index (χ1) is 13.2. The zero-order valence-corrected chi connectivity index (χ0v) is 15.1. The van der Waals surface area contributed by atoms with Gasteiger partial charge in [0.1, 0.15) is 0 Å². The van der Waals surface area contributed by atoms with Gasteiger partial charge in [0, 0.05) is 30.3 Å². The number of aromatic amines is 1. The molecular formula is C22H20N4O. The lowest BCUT2D eigenvalue weighted by atomic mass is 10.0. The van der Waals surface area contributed by atoms with Crippen LogP contribution in [0, 0.1) is 12.3 Å². The zero-order chi connectivity index (χ0) is 18.8. The van der Waals surface area contributed by atoms with Crippen LogP contribution in [0.5, 0.6) is 0 Å². The molecular weight excluding hydrogens is 336 g/mol.